The van der Waals surface area contributed by atoms with E-state index in [2.05, 4.69) is 10.5 Å². The van der Waals surface area contributed by atoms with Crippen molar-refractivity contribution in [1.82, 2.24) is 5.43 Å². The molecule has 6 nitrogen and oxygen atoms in total. The van der Waals surface area contributed by atoms with Crippen molar-refractivity contribution < 1.29 is 23.5 Å². The van der Waals surface area contributed by atoms with E-state index in [-0.39, 0.29) is 17.9 Å². The fourth-order valence-corrected chi connectivity index (χ4v) is 2.51. The maximum Gasteiger partial charge on any atom is 0.346 e. The molecule has 0 bridgehead atoms. The quantitative estimate of drug-likeness (QED) is 0.265. The second-order valence-electron chi connectivity index (χ2n) is 5.98. The number of hydrazone groups is 1. The van der Waals surface area contributed by atoms with Gasteiger partial charge >= 0.3 is 5.97 Å². The molecule has 3 rings (SSSR count). The number of hydrogen-bond donors (Lipinski definition) is 1. The summed E-state index contributed by atoms with van der Waals surface area (Å²) in [6.45, 7) is -0.220. The van der Waals surface area contributed by atoms with E-state index in [1.807, 2.05) is 0 Å². The Labute approximate surface area is 176 Å². The molecule has 1 amide bonds. The molecule has 0 aliphatic heterocycles. The minimum Gasteiger partial charge on any atom is -0.484 e. The summed E-state index contributed by atoms with van der Waals surface area (Å²) in [5.41, 5.74) is 2.84. The fourth-order valence-electron chi connectivity index (χ4n) is 2.33. The summed E-state index contributed by atoms with van der Waals surface area (Å²) in [5.74, 6) is -1.16. The highest BCUT2D eigenvalue weighted by Gasteiger charge is 2.13. The van der Waals surface area contributed by atoms with Crippen molar-refractivity contribution in [3.8, 4) is 11.5 Å². The highest BCUT2D eigenvalue weighted by molar-refractivity contribution is 6.30. The minimum absolute atomic E-state index is 0.147. The fraction of sp³-hybridized carbons (Fsp3) is 0.0455. The molecule has 0 heterocycles. The summed E-state index contributed by atoms with van der Waals surface area (Å²) in [5, 5.41) is 4.34. The highest BCUT2D eigenvalue weighted by atomic mass is 35.5. The van der Waals surface area contributed by atoms with Crippen molar-refractivity contribution in [1.29, 1.82) is 0 Å². The molecule has 152 valence electrons. The predicted octanol–water partition coefficient (Wildman–Crippen LogP) is 4.23. The molecule has 0 saturated heterocycles. The van der Waals surface area contributed by atoms with Crippen LogP contribution in [0.25, 0.3) is 0 Å². The summed E-state index contributed by atoms with van der Waals surface area (Å²) in [7, 11) is 0. The molecule has 0 saturated carbocycles. The second kappa shape index (κ2) is 10.2. The molecule has 0 aliphatic carbocycles. The van der Waals surface area contributed by atoms with Gasteiger partial charge in [0.15, 0.2) is 6.61 Å². The zero-order valence-corrected chi connectivity index (χ0v) is 16.3. The van der Waals surface area contributed by atoms with Crippen LogP contribution in [0.4, 0.5) is 4.39 Å². The average Bonchev–Trinajstić information content (AvgIpc) is 2.74. The van der Waals surface area contributed by atoms with Crippen LogP contribution >= 0.6 is 11.6 Å². The number of benzene rings is 3. The maximum absolute atomic E-state index is 13.6. The van der Waals surface area contributed by atoms with Crippen molar-refractivity contribution in [3.63, 3.8) is 0 Å². The van der Waals surface area contributed by atoms with Crippen LogP contribution in [0.2, 0.25) is 5.02 Å². The summed E-state index contributed by atoms with van der Waals surface area (Å²) < 4.78 is 24.1. The van der Waals surface area contributed by atoms with Gasteiger partial charge in [-0.1, -0.05) is 29.8 Å². The maximum atomic E-state index is 13.6. The standard InChI is InChI=1S/C22H16ClFN2O4/c23-16-4-3-5-18(12-16)29-14-21(27)26-25-13-15-8-10-17(11-9-15)30-22(28)19-6-1-2-7-20(19)24/h1-13H,14H2,(H,26,27)/b25-13+. The summed E-state index contributed by atoms with van der Waals surface area (Å²) in [6.07, 6.45) is 1.42. The van der Waals surface area contributed by atoms with Crippen molar-refractivity contribution >= 4 is 29.7 Å². The van der Waals surface area contributed by atoms with Gasteiger partial charge < -0.3 is 9.47 Å². The number of halogens is 2. The van der Waals surface area contributed by atoms with Crippen molar-refractivity contribution in [2.45, 2.75) is 0 Å². The number of hydrogen-bond acceptors (Lipinski definition) is 5. The van der Waals surface area contributed by atoms with Gasteiger partial charge in [-0.3, -0.25) is 4.79 Å². The van der Waals surface area contributed by atoms with Gasteiger partial charge in [0.05, 0.1) is 11.8 Å². The number of nitrogens with zero attached hydrogens (tertiary/aromatic N) is 1. The monoisotopic (exact) mass is 426 g/mol. The lowest BCUT2D eigenvalue weighted by atomic mass is 10.2. The molecule has 8 heteroatoms. The second-order valence-corrected chi connectivity index (χ2v) is 6.41. The Morgan fingerprint density at radius 2 is 1.77 bits per heavy atom. The Morgan fingerprint density at radius 3 is 2.50 bits per heavy atom. The van der Waals surface area contributed by atoms with E-state index in [9.17, 15) is 14.0 Å². The zero-order chi connectivity index (χ0) is 21.3. The number of nitrogens with one attached hydrogen (secondary N) is 1. The van der Waals surface area contributed by atoms with E-state index in [0.717, 1.165) is 0 Å². The van der Waals surface area contributed by atoms with Gasteiger partial charge in [-0.25, -0.2) is 14.6 Å². The van der Waals surface area contributed by atoms with Crippen LogP contribution in [0.15, 0.2) is 77.9 Å². The summed E-state index contributed by atoms with van der Waals surface area (Å²) >= 11 is 5.84. The largest absolute Gasteiger partial charge is 0.484 e. The lowest BCUT2D eigenvalue weighted by Crippen LogP contribution is -2.24. The van der Waals surface area contributed by atoms with E-state index in [1.165, 1.54) is 36.5 Å². The van der Waals surface area contributed by atoms with Crippen LogP contribution in [-0.2, 0) is 4.79 Å². The molecule has 0 atom stereocenters. The molecule has 0 spiro atoms. The third-order valence-electron chi connectivity index (χ3n) is 3.75. The van der Waals surface area contributed by atoms with Crippen LogP contribution in [-0.4, -0.2) is 24.7 Å². The molecule has 0 unspecified atom stereocenters. The molecule has 1 N–H and O–H groups in total. The number of carbonyl (C=O) groups is 2. The predicted molar refractivity (Wildman–Crippen MR) is 110 cm³/mol. The number of esters is 1. The molecular weight excluding hydrogens is 411 g/mol. The first-order chi connectivity index (χ1) is 14.5. The average molecular weight is 427 g/mol. The molecule has 0 fully saturated rings. The van der Waals surface area contributed by atoms with E-state index < -0.39 is 17.7 Å². The van der Waals surface area contributed by atoms with Gasteiger partial charge in [0, 0.05) is 5.02 Å². The zero-order valence-electron chi connectivity index (χ0n) is 15.5. The van der Waals surface area contributed by atoms with Crippen molar-refractivity contribution in [3.05, 3.63) is 94.8 Å². The normalized spacial score (nSPS) is 10.6. The lowest BCUT2D eigenvalue weighted by molar-refractivity contribution is -0.123. The van der Waals surface area contributed by atoms with Crippen LogP contribution in [0.5, 0.6) is 11.5 Å². The summed E-state index contributed by atoms with van der Waals surface area (Å²) in [6, 6.07) is 18.6. The van der Waals surface area contributed by atoms with E-state index in [1.54, 1.807) is 42.5 Å². The van der Waals surface area contributed by atoms with Gasteiger partial charge in [-0.15, -0.1) is 0 Å². The van der Waals surface area contributed by atoms with Crippen LogP contribution < -0.4 is 14.9 Å². The number of amides is 1. The molecule has 0 aromatic heterocycles. The smallest absolute Gasteiger partial charge is 0.346 e. The Kier molecular flexibility index (Phi) is 7.13. The Balaban J connectivity index is 1.48. The van der Waals surface area contributed by atoms with E-state index in [4.69, 9.17) is 21.1 Å². The molecule has 3 aromatic rings. The van der Waals surface area contributed by atoms with Crippen LogP contribution in [0.3, 0.4) is 0 Å². The van der Waals surface area contributed by atoms with Gasteiger partial charge in [0.1, 0.15) is 17.3 Å². The van der Waals surface area contributed by atoms with E-state index >= 15 is 0 Å². The van der Waals surface area contributed by atoms with Crippen molar-refractivity contribution in [2.24, 2.45) is 5.10 Å². The molecular formula is C22H16ClFN2O4. The number of rotatable bonds is 7. The Hall–Kier alpha value is -3.71. The van der Waals surface area contributed by atoms with Crippen LogP contribution in [0, 0.1) is 5.82 Å². The summed E-state index contributed by atoms with van der Waals surface area (Å²) in [4.78, 5) is 23.8. The Morgan fingerprint density at radius 1 is 1.00 bits per heavy atom. The van der Waals surface area contributed by atoms with E-state index in [0.29, 0.717) is 16.3 Å². The molecule has 30 heavy (non-hydrogen) atoms. The van der Waals surface area contributed by atoms with Crippen molar-refractivity contribution in [2.75, 3.05) is 6.61 Å². The highest BCUT2D eigenvalue weighted by Crippen LogP contribution is 2.17. The first-order valence-corrected chi connectivity index (χ1v) is 9.16. The third kappa shape index (κ3) is 6.15. The Bertz CT molecular complexity index is 1070. The first kappa shape index (κ1) is 21.0. The molecule has 0 radical (unpaired) electrons. The molecule has 0 aliphatic rings. The molecule has 3 aromatic carbocycles. The first-order valence-electron chi connectivity index (χ1n) is 8.78. The van der Waals surface area contributed by atoms with Gasteiger partial charge in [-0.05, 0) is 60.2 Å². The van der Waals surface area contributed by atoms with Gasteiger partial charge in [0.25, 0.3) is 5.91 Å². The SMILES string of the molecule is O=C(COc1cccc(Cl)c1)N/N=C/c1ccc(OC(=O)c2ccccc2F)cc1. The topological polar surface area (TPSA) is 77.0 Å². The van der Waals surface area contributed by atoms with Crippen LogP contribution in [0.1, 0.15) is 15.9 Å². The third-order valence-corrected chi connectivity index (χ3v) is 3.99. The van der Waals surface area contributed by atoms with Gasteiger partial charge in [0.2, 0.25) is 0 Å². The lowest BCUT2D eigenvalue weighted by Gasteiger charge is -2.06. The van der Waals surface area contributed by atoms with Gasteiger partial charge in [-0.2, -0.15) is 5.10 Å². The number of ether oxygens (including phenoxy) is 2. The number of carbonyl (C=O) groups excluding carboxylic acids is 2. The minimum atomic E-state index is -0.790.